The molecule has 2 rings (SSSR count). The van der Waals surface area contributed by atoms with E-state index in [4.69, 9.17) is 23.2 Å². The number of benzene rings is 1. The van der Waals surface area contributed by atoms with Crippen LogP contribution >= 0.6 is 23.2 Å². The molecule has 1 heterocycles. The van der Waals surface area contributed by atoms with Gasteiger partial charge in [0.2, 0.25) is 0 Å². The maximum Gasteiger partial charge on any atom is 0.340 e. The van der Waals surface area contributed by atoms with Crippen molar-refractivity contribution in [3.63, 3.8) is 0 Å². The highest BCUT2D eigenvalue weighted by atomic mass is 35.5. The van der Waals surface area contributed by atoms with Gasteiger partial charge in [-0.25, -0.2) is 9.18 Å². The van der Waals surface area contributed by atoms with E-state index >= 15 is 0 Å². The first kappa shape index (κ1) is 13.8. The molecule has 0 saturated heterocycles. The summed E-state index contributed by atoms with van der Waals surface area (Å²) >= 11 is 12.0. The summed E-state index contributed by atoms with van der Waals surface area (Å²) in [6.07, 6.45) is 0.999. The number of nitrogens with zero attached hydrogens (tertiary/aromatic N) is 1. The number of halogens is 3. The number of hydrogen-bond donors (Lipinski definition) is 0. The van der Waals surface area contributed by atoms with Gasteiger partial charge in [0.15, 0.2) is 0 Å². The van der Waals surface area contributed by atoms with Gasteiger partial charge < -0.3 is 4.74 Å². The average Bonchev–Trinajstić information content (AvgIpc) is 2.41. The molecule has 6 heteroatoms. The highest BCUT2D eigenvalue weighted by Gasteiger charge is 2.18. The highest BCUT2D eigenvalue weighted by molar-refractivity contribution is 6.43. The van der Waals surface area contributed by atoms with Crippen LogP contribution in [0.1, 0.15) is 10.4 Å². The van der Waals surface area contributed by atoms with Gasteiger partial charge in [0.05, 0.1) is 34.6 Å². The van der Waals surface area contributed by atoms with E-state index in [0.717, 1.165) is 12.3 Å². The van der Waals surface area contributed by atoms with Crippen LogP contribution < -0.4 is 0 Å². The Morgan fingerprint density at radius 3 is 2.79 bits per heavy atom. The van der Waals surface area contributed by atoms with E-state index in [-0.39, 0.29) is 16.3 Å². The molecule has 3 nitrogen and oxygen atoms in total. The molecule has 0 bridgehead atoms. The average molecular weight is 300 g/mol. The Kier molecular flexibility index (Phi) is 4.02. The minimum Gasteiger partial charge on any atom is -0.465 e. The van der Waals surface area contributed by atoms with Gasteiger partial charge in [-0.1, -0.05) is 35.3 Å². The lowest BCUT2D eigenvalue weighted by atomic mass is 10.1. The van der Waals surface area contributed by atoms with Crippen LogP contribution in [-0.4, -0.2) is 18.1 Å². The molecule has 2 aromatic rings. The number of ether oxygens (including phenoxy) is 1. The molecule has 0 N–H and O–H groups in total. The Bertz CT molecular complexity index is 647. The second-order valence-electron chi connectivity index (χ2n) is 3.64. The summed E-state index contributed by atoms with van der Waals surface area (Å²) < 4.78 is 17.8. The van der Waals surface area contributed by atoms with E-state index in [9.17, 15) is 9.18 Å². The van der Waals surface area contributed by atoms with Gasteiger partial charge in [-0.15, -0.1) is 0 Å². The summed E-state index contributed by atoms with van der Waals surface area (Å²) in [7, 11) is 1.20. The smallest absolute Gasteiger partial charge is 0.340 e. The first-order chi connectivity index (χ1) is 9.04. The van der Waals surface area contributed by atoms with E-state index in [1.54, 1.807) is 18.2 Å². The molecule has 0 fully saturated rings. The van der Waals surface area contributed by atoms with Crippen molar-refractivity contribution in [1.82, 2.24) is 4.98 Å². The molecule has 0 atom stereocenters. The van der Waals surface area contributed by atoms with Crippen molar-refractivity contribution in [2.75, 3.05) is 7.11 Å². The summed E-state index contributed by atoms with van der Waals surface area (Å²) in [5.41, 5.74) is 0.655. The topological polar surface area (TPSA) is 39.2 Å². The van der Waals surface area contributed by atoms with Crippen molar-refractivity contribution >= 4 is 29.2 Å². The number of aromatic nitrogens is 1. The third-order valence-corrected chi connectivity index (χ3v) is 3.29. The van der Waals surface area contributed by atoms with Crippen LogP contribution in [0.15, 0.2) is 30.5 Å². The van der Waals surface area contributed by atoms with Crippen LogP contribution in [0, 0.1) is 5.82 Å². The van der Waals surface area contributed by atoms with Crippen LogP contribution in [0.4, 0.5) is 4.39 Å². The van der Waals surface area contributed by atoms with E-state index in [1.165, 1.54) is 7.11 Å². The van der Waals surface area contributed by atoms with Gasteiger partial charge >= 0.3 is 5.97 Å². The molecule has 98 valence electrons. The summed E-state index contributed by atoms with van der Waals surface area (Å²) in [6, 6.07) is 5.96. The maximum atomic E-state index is 13.2. The van der Waals surface area contributed by atoms with E-state index in [1.807, 2.05) is 0 Å². The molecule has 1 aromatic carbocycles. The summed E-state index contributed by atoms with van der Waals surface area (Å²) in [4.78, 5) is 15.6. The quantitative estimate of drug-likeness (QED) is 0.787. The summed E-state index contributed by atoms with van der Waals surface area (Å²) in [6.45, 7) is 0. The second-order valence-corrected chi connectivity index (χ2v) is 4.43. The van der Waals surface area contributed by atoms with Crippen molar-refractivity contribution in [3.05, 3.63) is 51.9 Å². The Morgan fingerprint density at radius 2 is 2.11 bits per heavy atom. The lowest BCUT2D eigenvalue weighted by molar-refractivity contribution is 0.0600. The number of pyridine rings is 1. The van der Waals surface area contributed by atoms with Gasteiger partial charge in [0.1, 0.15) is 5.82 Å². The number of carbonyl (C=O) groups is 1. The van der Waals surface area contributed by atoms with Gasteiger partial charge in [-0.05, 0) is 12.1 Å². The third kappa shape index (κ3) is 2.69. The van der Waals surface area contributed by atoms with E-state index < -0.39 is 11.8 Å². The standard InChI is InChI=1S/C13H8Cl2FNO2/c1-19-13(18)9-5-7(16)6-17-12(9)8-3-2-4-10(14)11(8)15/h2-6H,1H3. The molecule has 0 saturated carbocycles. The lowest BCUT2D eigenvalue weighted by Crippen LogP contribution is -2.06. The molecular formula is C13H8Cl2FNO2. The fraction of sp³-hybridized carbons (Fsp3) is 0.0769. The minimum absolute atomic E-state index is 0.00772. The predicted molar refractivity (Wildman–Crippen MR) is 71.0 cm³/mol. The van der Waals surface area contributed by atoms with Gasteiger partial charge in [-0.2, -0.15) is 0 Å². The van der Waals surface area contributed by atoms with Crippen molar-refractivity contribution in [1.29, 1.82) is 0 Å². The Morgan fingerprint density at radius 1 is 1.37 bits per heavy atom. The van der Waals surface area contributed by atoms with Crippen LogP contribution in [-0.2, 0) is 4.74 Å². The van der Waals surface area contributed by atoms with Crippen LogP contribution in [0.3, 0.4) is 0 Å². The second kappa shape index (κ2) is 5.55. The number of rotatable bonds is 2. The zero-order chi connectivity index (χ0) is 14.0. The molecule has 0 radical (unpaired) electrons. The molecule has 19 heavy (non-hydrogen) atoms. The van der Waals surface area contributed by atoms with Crippen molar-refractivity contribution in [2.45, 2.75) is 0 Å². The zero-order valence-corrected chi connectivity index (χ0v) is 11.3. The van der Waals surface area contributed by atoms with Gasteiger partial charge in [-0.3, -0.25) is 4.98 Å². The third-order valence-electron chi connectivity index (χ3n) is 2.47. The van der Waals surface area contributed by atoms with Gasteiger partial charge in [0, 0.05) is 5.56 Å². The number of methoxy groups -OCH3 is 1. The molecule has 0 aliphatic rings. The van der Waals surface area contributed by atoms with Crippen LogP contribution in [0.5, 0.6) is 0 Å². The number of hydrogen-bond acceptors (Lipinski definition) is 3. The minimum atomic E-state index is -0.696. The fourth-order valence-electron chi connectivity index (χ4n) is 1.61. The fourth-order valence-corrected chi connectivity index (χ4v) is 2.00. The zero-order valence-electron chi connectivity index (χ0n) is 9.78. The van der Waals surface area contributed by atoms with Gasteiger partial charge in [0.25, 0.3) is 0 Å². The molecule has 1 aromatic heterocycles. The maximum absolute atomic E-state index is 13.2. The molecule has 0 aliphatic carbocycles. The SMILES string of the molecule is COC(=O)c1cc(F)cnc1-c1cccc(Cl)c1Cl. The van der Waals surface area contributed by atoms with Crippen molar-refractivity contribution in [2.24, 2.45) is 0 Å². The molecule has 0 amide bonds. The number of carbonyl (C=O) groups excluding carboxylic acids is 1. The van der Waals surface area contributed by atoms with E-state index in [2.05, 4.69) is 9.72 Å². The Balaban J connectivity index is 2.68. The monoisotopic (exact) mass is 299 g/mol. The first-order valence-electron chi connectivity index (χ1n) is 5.23. The molecule has 0 aliphatic heterocycles. The Hall–Kier alpha value is -1.65. The lowest BCUT2D eigenvalue weighted by Gasteiger charge is -2.09. The van der Waals surface area contributed by atoms with Crippen LogP contribution in [0.2, 0.25) is 10.0 Å². The Labute approximate surface area is 118 Å². The number of esters is 1. The summed E-state index contributed by atoms with van der Waals surface area (Å²) in [5, 5.41) is 0.564. The van der Waals surface area contributed by atoms with E-state index in [0.29, 0.717) is 10.6 Å². The predicted octanol–water partition coefficient (Wildman–Crippen LogP) is 3.98. The highest BCUT2D eigenvalue weighted by Crippen LogP contribution is 2.34. The molecular weight excluding hydrogens is 292 g/mol. The summed E-state index contributed by atoms with van der Waals surface area (Å²) in [5.74, 6) is -1.33. The normalized spacial score (nSPS) is 10.3. The van der Waals surface area contributed by atoms with Crippen molar-refractivity contribution < 1.29 is 13.9 Å². The van der Waals surface area contributed by atoms with Crippen molar-refractivity contribution in [3.8, 4) is 11.3 Å². The largest absolute Gasteiger partial charge is 0.465 e. The molecule has 0 unspecified atom stereocenters. The first-order valence-corrected chi connectivity index (χ1v) is 5.98. The molecule has 0 spiro atoms. The van der Waals surface area contributed by atoms with Crippen LogP contribution in [0.25, 0.3) is 11.3 Å².